The van der Waals surface area contributed by atoms with E-state index in [0.29, 0.717) is 11.5 Å². The van der Waals surface area contributed by atoms with Crippen molar-refractivity contribution in [3.63, 3.8) is 0 Å². The number of terminal acetylenes is 4. The van der Waals surface area contributed by atoms with Gasteiger partial charge < -0.3 is 4.74 Å². The third-order valence-electron chi connectivity index (χ3n) is 4.39. The number of ether oxygens (including phenoxy) is 1. The Morgan fingerprint density at radius 2 is 0.780 bits per heavy atom. The van der Waals surface area contributed by atoms with Crippen LogP contribution in [0.4, 0.5) is 0 Å². The van der Waals surface area contributed by atoms with Crippen LogP contribution in [0.3, 0.4) is 0 Å². The van der Waals surface area contributed by atoms with Crippen LogP contribution in [-0.4, -0.2) is 0 Å². The second-order valence-electron chi connectivity index (χ2n) is 7.24. The highest BCUT2D eigenvalue weighted by atomic mass is 31.1. The Morgan fingerprint density at radius 3 is 1.07 bits per heavy atom. The first-order valence-electron chi connectivity index (χ1n) is 11.4. The first kappa shape index (κ1) is 31.0. The van der Waals surface area contributed by atoms with Crippen molar-refractivity contribution in [2.45, 2.75) is 13.8 Å². The third kappa shape index (κ3) is 11.0. The van der Waals surface area contributed by atoms with Crippen LogP contribution in [0.1, 0.15) is 11.1 Å². The smallest absolute Gasteiger partial charge is 0.137 e. The molecule has 0 amide bonds. The lowest BCUT2D eigenvalue weighted by molar-refractivity contribution is 0.490. The molecule has 0 spiro atoms. The van der Waals surface area contributed by atoms with Crippen molar-refractivity contribution in [1.82, 2.24) is 0 Å². The fourth-order valence-corrected chi connectivity index (χ4v) is 5.41. The van der Waals surface area contributed by atoms with E-state index in [1.807, 2.05) is 50.2 Å². The highest BCUT2D eigenvalue weighted by Gasteiger charge is 2.18. The van der Waals surface area contributed by atoms with Gasteiger partial charge in [0.2, 0.25) is 0 Å². The van der Waals surface area contributed by atoms with E-state index in [1.165, 1.54) is 0 Å². The van der Waals surface area contributed by atoms with Crippen LogP contribution in [-0.2, 0) is 0 Å². The van der Waals surface area contributed by atoms with Crippen molar-refractivity contribution in [3.8, 4) is 155 Å². The molecule has 0 saturated heterocycles. The molecule has 0 atom stereocenters. The average molecular weight is 550 g/mol. The Bertz CT molecular complexity index is 1790. The summed E-state index contributed by atoms with van der Waals surface area (Å²) in [6.45, 7) is 3.93. The molecule has 0 aromatic heterocycles. The minimum atomic E-state index is -1.39. The minimum absolute atomic E-state index is 0.556. The van der Waals surface area contributed by atoms with E-state index in [0.717, 1.165) is 21.7 Å². The summed E-state index contributed by atoms with van der Waals surface area (Å²) in [4.78, 5) is 0. The van der Waals surface area contributed by atoms with Crippen molar-refractivity contribution in [3.05, 3.63) is 47.5 Å². The standard InChI is InChI=1S/C38H16OP2/c1-7-11-15-19-27-40(28-20-16-12-8-2)37-31-33(5)23-25-35(37)39-36-26-24-34(6)32-38(36)41(29-21-17-13-9-3)30-22-18-14-10-4/h1-4,23-26,31-32H,5-6H3. The van der Waals surface area contributed by atoms with Gasteiger partial charge in [0.25, 0.3) is 0 Å². The van der Waals surface area contributed by atoms with Gasteiger partial charge in [-0.2, -0.15) is 0 Å². The molecule has 2 aromatic rings. The molecule has 0 fully saturated rings. The van der Waals surface area contributed by atoms with Gasteiger partial charge in [-0.15, -0.1) is 25.7 Å². The van der Waals surface area contributed by atoms with Gasteiger partial charge in [0.1, 0.15) is 11.5 Å². The SMILES string of the molecule is C#CC#CC#CP(C#CC#CC#C)c1cc(C)ccc1Oc1ccc(C)cc1P(C#CC#CC#C)C#CC#CC#C. The van der Waals surface area contributed by atoms with E-state index < -0.39 is 15.8 Å². The van der Waals surface area contributed by atoms with E-state index in [9.17, 15) is 0 Å². The molecule has 41 heavy (non-hydrogen) atoms. The average Bonchev–Trinajstić information content (AvgIpc) is 2.97. The molecule has 0 N–H and O–H groups in total. The molecule has 0 heterocycles. The van der Waals surface area contributed by atoms with Gasteiger partial charge in [-0.3, -0.25) is 0 Å². The third-order valence-corrected chi connectivity index (χ3v) is 7.39. The van der Waals surface area contributed by atoms with Crippen LogP contribution in [0.5, 0.6) is 11.5 Å². The Labute approximate surface area is 246 Å². The molecule has 2 aromatic carbocycles. The van der Waals surface area contributed by atoms with Crippen LogP contribution < -0.4 is 15.3 Å². The summed E-state index contributed by atoms with van der Waals surface area (Å²) in [6.07, 6.45) is 20.9. The van der Waals surface area contributed by atoms with Gasteiger partial charge in [0.05, 0.1) is 15.8 Å². The largest absolute Gasteiger partial charge is 0.456 e. The molecule has 3 heteroatoms. The zero-order valence-electron chi connectivity index (χ0n) is 22.1. The summed E-state index contributed by atoms with van der Waals surface area (Å²) in [6, 6.07) is 11.5. The molecule has 0 unspecified atom stereocenters. The Morgan fingerprint density at radius 1 is 0.463 bits per heavy atom. The quantitative estimate of drug-likeness (QED) is 0.396. The highest BCUT2D eigenvalue weighted by Crippen LogP contribution is 2.40. The van der Waals surface area contributed by atoms with Gasteiger partial charge in [0, 0.05) is 10.6 Å². The summed E-state index contributed by atoms with van der Waals surface area (Å²) < 4.78 is 6.51. The molecule has 0 aliphatic rings. The number of hydrogen-bond donors (Lipinski definition) is 0. The molecular formula is C38H16OP2. The summed E-state index contributed by atoms with van der Waals surface area (Å²) in [5.41, 5.74) is 14.4. The molecule has 0 aliphatic heterocycles. The molecule has 0 bridgehead atoms. The number of benzene rings is 2. The summed E-state index contributed by atoms with van der Waals surface area (Å²) in [5, 5.41) is 1.55. The van der Waals surface area contributed by atoms with E-state index in [4.69, 9.17) is 30.4 Å². The van der Waals surface area contributed by atoms with Crippen molar-refractivity contribution in [2.24, 2.45) is 0 Å². The summed E-state index contributed by atoms with van der Waals surface area (Å²) in [7, 11) is -2.79. The van der Waals surface area contributed by atoms with Gasteiger partial charge in [-0.1, -0.05) is 23.3 Å². The Balaban J connectivity index is 2.74. The maximum Gasteiger partial charge on any atom is 0.137 e. The lowest BCUT2D eigenvalue weighted by Crippen LogP contribution is -2.10. The molecule has 0 saturated carbocycles. The fourth-order valence-electron chi connectivity index (χ4n) is 2.80. The molecule has 184 valence electrons. The molecular weight excluding hydrogens is 534 g/mol. The highest BCUT2D eigenvalue weighted by molar-refractivity contribution is 7.75. The van der Waals surface area contributed by atoms with Crippen molar-refractivity contribution in [1.29, 1.82) is 0 Å². The van der Waals surface area contributed by atoms with Gasteiger partial charge in [0.15, 0.2) is 0 Å². The first-order valence-corrected chi connectivity index (χ1v) is 14.1. The Hall–Kier alpha value is -6.18. The normalized spacial score (nSPS) is 7.51. The van der Waals surface area contributed by atoms with Crippen molar-refractivity contribution in [2.75, 3.05) is 0 Å². The Kier molecular flexibility index (Phi) is 13.7. The predicted molar refractivity (Wildman–Crippen MR) is 173 cm³/mol. The molecule has 0 radical (unpaired) electrons. The van der Waals surface area contributed by atoms with Gasteiger partial charge in [-0.05, 0) is 155 Å². The second kappa shape index (κ2) is 18.1. The van der Waals surface area contributed by atoms with Crippen LogP contribution in [0.25, 0.3) is 0 Å². The van der Waals surface area contributed by atoms with E-state index in [1.54, 1.807) is 0 Å². The topological polar surface area (TPSA) is 9.23 Å². The van der Waals surface area contributed by atoms with Crippen molar-refractivity contribution >= 4 is 26.5 Å². The molecule has 2 rings (SSSR count). The van der Waals surface area contributed by atoms with Crippen LogP contribution in [0.2, 0.25) is 0 Å². The van der Waals surface area contributed by atoms with Gasteiger partial charge in [-0.25, -0.2) is 0 Å². The van der Waals surface area contributed by atoms with E-state index in [2.05, 4.69) is 117 Å². The zero-order valence-corrected chi connectivity index (χ0v) is 23.9. The maximum atomic E-state index is 6.51. The van der Waals surface area contributed by atoms with E-state index >= 15 is 0 Å². The monoisotopic (exact) mass is 550 g/mol. The molecule has 0 aliphatic carbocycles. The second-order valence-corrected chi connectivity index (χ2v) is 10.4. The molecule has 1 nitrogen and oxygen atoms in total. The van der Waals surface area contributed by atoms with Crippen LogP contribution >= 0.6 is 15.8 Å². The lowest BCUT2D eigenvalue weighted by Gasteiger charge is -2.17. The minimum Gasteiger partial charge on any atom is -0.456 e. The van der Waals surface area contributed by atoms with Crippen LogP contribution in [0, 0.1) is 157 Å². The first-order chi connectivity index (χ1) is 20.0. The maximum absolute atomic E-state index is 6.51. The number of rotatable bonds is 4. The lowest BCUT2D eigenvalue weighted by atomic mass is 10.2. The summed E-state index contributed by atoms with van der Waals surface area (Å²) >= 11 is 0. The summed E-state index contributed by atoms with van der Waals surface area (Å²) in [5.74, 6) is 41.7. The van der Waals surface area contributed by atoms with Gasteiger partial charge >= 0.3 is 0 Å². The number of aryl methyl sites for hydroxylation is 2. The van der Waals surface area contributed by atoms with E-state index in [-0.39, 0.29) is 0 Å². The van der Waals surface area contributed by atoms with Crippen molar-refractivity contribution < 1.29 is 4.74 Å². The fraction of sp³-hybridized carbons (Fsp3) is 0.0526. The number of hydrogen-bond acceptors (Lipinski definition) is 1. The van der Waals surface area contributed by atoms with Crippen LogP contribution in [0.15, 0.2) is 36.4 Å². The predicted octanol–water partition coefficient (Wildman–Crippen LogP) is 4.70. The zero-order chi connectivity index (χ0) is 29.7.